The number of nitrogens with zero attached hydrogens (tertiary/aromatic N) is 2. The number of benzene rings is 1. The van der Waals surface area contributed by atoms with Gasteiger partial charge in [0.15, 0.2) is 0 Å². The summed E-state index contributed by atoms with van der Waals surface area (Å²) in [7, 11) is 3.10. The molecule has 0 spiro atoms. The van der Waals surface area contributed by atoms with Crippen molar-refractivity contribution in [3.8, 4) is 5.75 Å². The van der Waals surface area contributed by atoms with Gasteiger partial charge in [-0.25, -0.2) is 0 Å². The topological polar surface area (TPSA) is 77.5 Å². The quantitative estimate of drug-likeness (QED) is 0.646. The minimum Gasteiger partial charge on any atom is -0.497 e. The number of amides is 2. The third-order valence-electron chi connectivity index (χ3n) is 5.26. The molecule has 160 valence electrons. The predicted octanol–water partition coefficient (Wildman–Crippen LogP) is 1.19. The number of methoxy groups -OCH3 is 2. The average Bonchev–Trinajstić information content (AvgIpc) is 3.26. The van der Waals surface area contributed by atoms with Crippen LogP contribution in [0.4, 0.5) is 0 Å². The van der Waals surface area contributed by atoms with Crippen molar-refractivity contribution < 1.29 is 28.5 Å². The molecule has 2 aliphatic heterocycles. The molecule has 2 saturated heterocycles. The summed E-state index contributed by atoms with van der Waals surface area (Å²) in [6.07, 6.45) is 1.74. The highest BCUT2D eigenvalue weighted by atomic mass is 16.5. The van der Waals surface area contributed by atoms with E-state index in [1.807, 2.05) is 0 Å². The van der Waals surface area contributed by atoms with E-state index < -0.39 is 0 Å². The highest BCUT2D eigenvalue weighted by Crippen LogP contribution is 2.18. The second-order valence-electron chi connectivity index (χ2n) is 7.34. The first-order valence-electron chi connectivity index (χ1n) is 10.0. The summed E-state index contributed by atoms with van der Waals surface area (Å²) in [5, 5.41) is 0. The van der Waals surface area contributed by atoms with Crippen LogP contribution in [0.15, 0.2) is 24.3 Å². The zero-order valence-corrected chi connectivity index (χ0v) is 17.2. The van der Waals surface area contributed by atoms with Gasteiger partial charge in [0.1, 0.15) is 12.4 Å². The van der Waals surface area contributed by atoms with E-state index in [9.17, 15) is 9.59 Å². The lowest BCUT2D eigenvalue weighted by Crippen LogP contribution is -2.52. The Morgan fingerprint density at radius 3 is 2.48 bits per heavy atom. The molecule has 2 heterocycles. The van der Waals surface area contributed by atoms with Gasteiger partial charge in [-0.15, -0.1) is 0 Å². The number of carbonyl (C=O) groups is 2. The molecule has 0 bridgehead atoms. The second-order valence-corrected chi connectivity index (χ2v) is 7.34. The van der Waals surface area contributed by atoms with Gasteiger partial charge in [0.05, 0.1) is 25.9 Å². The molecule has 0 unspecified atom stereocenters. The molecule has 2 aliphatic rings. The standard InChI is InChI=1S/C21H30N2O6/c1-26-15-20(24)22-9-11-29-19(13-22)14-23(12-18-4-3-10-28-18)21(25)16-5-7-17(27-2)8-6-16/h5-8,18-19H,3-4,9-15H2,1-2H3/t18-,19-/m0/s1. The molecule has 2 amide bonds. The fourth-order valence-corrected chi connectivity index (χ4v) is 3.71. The number of hydrogen-bond donors (Lipinski definition) is 0. The molecule has 1 aromatic rings. The summed E-state index contributed by atoms with van der Waals surface area (Å²) < 4.78 is 21.7. The smallest absolute Gasteiger partial charge is 0.254 e. The number of ether oxygens (including phenoxy) is 4. The van der Waals surface area contributed by atoms with Crippen LogP contribution in [0.25, 0.3) is 0 Å². The minimum atomic E-state index is -0.242. The molecule has 0 aromatic heterocycles. The van der Waals surface area contributed by atoms with Crippen molar-refractivity contribution in [2.24, 2.45) is 0 Å². The maximum absolute atomic E-state index is 13.2. The maximum atomic E-state index is 13.2. The predicted molar refractivity (Wildman–Crippen MR) is 106 cm³/mol. The van der Waals surface area contributed by atoms with E-state index in [4.69, 9.17) is 18.9 Å². The second kappa shape index (κ2) is 10.6. The zero-order chi connectivity index (χ0) is 20.6. The first-order chi connectivity index (χ1) is 14.1. The molecule has 0 N–H and O–H groups in total. The molecule has 0 radical (unpaired) electrons. The molecule has 1 aromatic carbocycles. The SMILES string of the molecule is COCC(=O)N1CCO[C@H](CN(C[C@@H]2CCCO2)C(=O)c2ccc(OC)cc2)C1. The van der Waals surface area contributed by atoms with Crippen LogP contribution in [0.5, 0.6) is 5.75 Å². The Bertz CT molecular complexity index is 674. The summed E-state index contributed by atoms with van der Waals surface area (Å²) in [5.41, 5.74) is 0.590. The third-order valence-corrected chi connectivity index (χ3v) is 5.26. The van der Waals surface area contributed by atoms with E-state index in [1.54, 1.807) is 41.2 Å². The normalized spacial score (nSPS) is 21.8. The Morgan fingerprint density at radius 1 is 1.10 bits per heavy atom. The Morgan fingerprint density at radius 2 is 1.83 bits per heavy atom. The van der Waals surface area contributed by atoms with Gasteiger partial charge in [-0.2, -0.15) is 0 Å². The number of rotatable bonds is 8. The van der Waals surface area contributed by atoms with E-state index in [-0.39, 0.29) is 30.6 Å². The Kier molecular flexibility index (Phi) is 7.85. The highest BCUT2D eigenvalue weighted by Gasteiger charge is 2.30. The van der Waals surface area contributed by atoms with Crippen LogP contribution < -0.4 is 4.74 Å². The Balaban J connectivity index is 1.68. The van der Waals surface area contributed by atoms with Gasteiger partial charge in [-0.1, -0.05) is 0 Å². The van der Waals surface area contributed by atoms with Crippen LogP contribution in [0, 0.1) is 0 Å². The Hall–Kier alpha value is -2.16. The van der Waals surface area contributed by atoms with Crippen LogP contribution in [-0.2, 0) is 19.0 Å². The number of morpholine rings is 1. The van der Waals surface area contributed by atoms with Crippen LogP contribution in [-0.4, -0.2) is 94.0 Å². The first-order valence-corrected chi connectivity index (χ1v) is 10.0. The molecule has 2 atom stereocenters. The van der Waals surface area contributed by atoms with Crippen molar-refractivity contribution in [3.05, 3.63) is 29.8 Å². The molecule has 3 rings (SSSR count). The van der Waals surface area contributed by atoms with Gasteiger partial charge >= 0.3 is 0 Å². The first kappa shape index (κ1) is 21.5. The molecular weight excluding hydrogens is 376 g/mol. The molecule has 8 nitrogen and oxygen atoms in total. The van der Waals surface area contributed by atoms with Crippen molar-refractivity contribution in [1.82, 2.24) is 9.80 Å². The number of hydrogen-bond acceptors (Lipinski definition) is 6. The summed E-state index contributed by atoms with van der Waals surface area (Å²) >= 11 is 0. The summed E-state index contributed by atoms with van der Waals surface area (Å²) in [6.45, 7) is 3.13. The lowest BCUT2D eigenvalue weighted by atomic mass is 10.1. The van der Waals surface area contributed by atoms with E-state index in [0.29, 0.717) is 44.1 Å². The van der Waals surface area contributed by atoms with Crippen molar-refractivity contribution in [1.29, 1.82) is 0 Å². The summed E-state index contributed by atoms with van der Waals surface area (Å²) in [5.74, 6) is 0.565. The number of carbonyl (C=O) groups excluding carboxylic acids is 2. The molecule has 0 aliphatic carbocycles. The van der Waals surface area contributed by atoms with Crippen LogP contribution in [0.2, 0.25) is 0 Å². The van der Waals surface area contributed by atoms with Crippen molar-refractivity contribution in [2.45, 2.75) is 25.0 Å². The van der Waals surface area contributed by atoms with Gasteiger partial charge in [0.2, 0.25) is 5.91 Å². The summed E-state index contributed by atoms with van der Waals surface area (Å²) in [6, 6.07) is 7.08. The average molecular weight is 406 g/mol. The molecule has 0 saturated carbocycles. The van der Waals surface area contributed by atoms with Crippen molar-refractivity contribution in [2.75, 3.05) is 60.2 Å². The van der Waals surface area contributed by atoms with Crippen molar-refractivity contribution >= 4 is 11.8 Å². The van der Waals surface area contributed by atoms with E-state index in [2.05, 4.69) is 0 Å². The van der Waals surface area contributed by atoms with E-state index in [1.165, 1.54) is 7.11 Å². The fourth-order valence-electron chi connectivity index (χ4n) is 3.71. The maximum Gasteiger partial charge on any atom is 0.254 e. The summed E-state index contributed by atoms with van der Waals surface area (Å²) in [4.78, 5) is 28.9. The van der Waals surface area contributed by atoms with Gasteiger partial charge < -0.3 is 28.7 Å². The molecule has 29 heavy (non-hydrogen) atoms. The lowest BCUT2D eigenvalue weighted by molar-refractivity contribution is -0.143. The van der Waals surface area contributed by atoms with Gasteiger partial charge in [0.25, 0.3) is 5.91 Å². The molecular formula is C21H30N2O6. The van der Waals surface area contributed by atoms with Gasteiger partial charge in [-0.3, -0.25) is 9.59 Å². The van der Waals surface area contributed by atoms with Crippen LogP contribution in [0.3, 0.4) is 0 Å². The van der Waals surface area contributed by atoms with Crippen molar-refractivity contribution in [3.63, 3.8) is 0 Å². The lowest BCUT2D eigenvalue weighted by Gasteiger charge is -2.36. The van der Waals surface area contributed by atoms with E-state index >= 15 is 0 Å². The Labute approximate surface area is 171 Å². The fraction of sp³-hybridized carbons (Fsp3) is 0.619. The van der Waals surface area contributed by atoms with Gasteiger partial charge in [0, 0.05) is 45.5 Å². The largest absolute Gasteiger partial charge is 0.497 e. The van der Waals surface area contributed by atoms with Crippen LogP contribution in [0.1, 0.15) is 23.2 Å². The van der Waals surface area contributed by atoms with E-state index in [0.717, 1.165) is 19.4 Å². The van der Waals surface area contributed by atoms with Gasteiger partial charge in [-0.05, 0) is 37.1 Å². The molecule has 2 fully saturated rings. The van der Waals surface area contributed by atoms with Crippen LogP contribution >= 0.6 is 0 Å². The minimum absolute atomic E-state index is 0.0343. The monoisotopic (exact) mass is 406 g/mol. The zero-order valence-electron chi connectivity index (χ0n) is 17.2. The third kappa shape index (κ3) is 5.91. The molecule has 8 heteroatoms. The highest BCUT2D eigenvalue weighted by molar-refractivity contribution is 5.94.